The summed E-state index contributed by atoms with van der Waals surface area (Å²) in [6.45, 7) is 0. The minimum Gasteiger partial charge on any atom is -0.356 e. The molecule has 0 spiro atoms. The molecule has 1 rings (SSSR count). The molecule has 0 aliphatic carbocycles. The molecule has 1 heterocycles. The Kier molecular flexibility index (Phi) is 4.26. The van der Waals surface area contributed by atoms with Crippen molar-refractivity contribution in [2.75, 3.05) is 25.7 Å². The van der Waals surface area contributed by atoms with Gasteiger partial charge in [-0.3, -0.25) is 0 Å². The summed E-state index contributed by atoms with van der Waals surface area (Å²) in [5, 5.41) is 0. The zero-order valence-electron chi connectivity index (χ0n) is 7.21. The van der Waals surface area contributed by atoms with Gasteiger partial charge < -0.3 is 9.47 Å². The van der Waals surface area contributed by atoms with E-state index < -0.39 is 0 Å². The maximum absolute atomic E-state index is 5.20. The maximum atomic E-state index is 5.20. The molecule has 0 bridgehead atoms. The summed E-state index contributed by atoms with van der Waals surface area (Å²) in [4.78, 5) is 0. The van der Waals surface area contributed by atoms with Gasteiger partial charge in [0.25, 0.3) is 0 Å². The van der Waals surface area contributed by atoms with Gasteiger partial charge in [-0.1, -0.05) is 0 Å². The predicted octanol–water partition coefficient (Wildman–Crippen LogP) is 1.75. The van der Waals surface area contributed by atoms with Crippen LogP contribution in [0.15, 0.2) is 0 Å². The van der Waals surface area contributed by atoms with Gasteiger partial charge in [-0.2, -0.15) is 11.8 Å². The van der Waals surface area contributed by atoms with Gasteiger partial charge in [0.15, 0.2) is 6.29 Å². The first-order chi connectivity index (χ1) is 5.38. The van der Waals surface area contributed by atoms with Crippen LogP contribution in [0.2, 0.25) is 0 Å². The van der Waals surface area contributed by atoms with Crippen LogP contribution in [0.1, 0.15) is 12.8 Å². The molecular formula is C8H16O2S. The smallest absolute Gasteiger partial charge is 0.160 e. The lowest BCUT2D eigenvalue weighted by molar-refractivity contribution is -0.133. The van der Waals surface area contributed by atoms with Gasteiger partial charge in [-0.25, -0.2) is 0 Å². The second-order valence-electron chi connectivity index (χ2n) is 2.82. The lowest BCUT2D eigenvalue weighted by Crippen LogP contribution is -2.28. The molecule has 0 amide bonds. The summed E-state index contributed by atoms with van der Waals surface area (Å²) in [7, 11) is 3.43. The predicted molar refractivity (Wildman–Crippen MR) is 47.9 cm³/mol. The molecule has 3 heteroatoms. The van der Waals surface area contributed by atoms with Gasteiger partial charge in [-0.15, -0.1) is 0 Å². The van der Waals surface area contributed by atoms with Crippen molar-refractivity contribution in [2.45, 2.75) is 19.1 Å². The fourth-order valence-electron chi connectivity index (χ4n) is 1.46. The molecule has 0 aromatic heterocycles. The van der Waals surface area contributed by atoms with Crippen molar-refractivity contribution in [3.05, 3.63) is 0 Å². The van der Waals surface area contributed by atoms with E-state index in [-0.39, 0.29) is 6.29 Å². The summed E-state index contributed by atoms with van der Waals surface area (Å²) >= 11 is 2.00. The zero-order chi connectivity index (χ0) is 8.10. The highest BCUT2D eigenvalue weighted by Gasteiger charge is 2.22. The highest BCUT2D eigenvalue weighted by molar-refractivity contribution is 7.99. The number of ether oxygens (including phenoxy) is 2. The van der Waals surface area contributed by atoms with E-state index in [1.807, 2.05) is 11.8 Å². The highest BCUT2D eigenvalue weighted by atomic mass is 32.2. The summed E-state index contributed by atoms with van der Waals surface area (Å²) in [5.41, 5.74) is 0. The van der Waals surface area contributed by atoms with E-state index in [4.69, 9.17) is 9.47 Å². The molecule has 2 nitrogen and oxygen atoms in total. The average Bonchev–Trinajstić information content (AvgIpc) is 2.09. The average molecular weight is 176 g/mol. The Bertz CT molecular complexity index is 98.3. The second-order valence-corrected chi connectivity index (χ2v) is 3.97. The summed E-state index contributed by atoms with van der Waals surface area (Å²) in [5.74, 6) is 3.09. The first kappa shape index (κ1) is 9.36. The molecular weight excluding hydrogens is 160 g/mol. The van der Waals surface area contributed by atoms with Crippen molar-refractivity contribution in [3.63, 3.8) is 0 Å². The number of hydrogen-bond acceptors (Lipinski definition) is 3. The van der Waals surface area contributed by atoms with E-state index in [9.17, 15) is 0 Å². The van der Waals surface area contributed by atoms with E-state index in [1.165, 1.54) is 24.3 Å². The van der Waals surface area contributed by atoms with Crippen LogP contribution in [-0.4, -0.2) is 32.0 Å². The quantitative estimate of drug-likeness (QED) is 0.610. The zero-order valence-corrected chi connectivity index (χ0v) is 8.02. The number of methoxy groups -OCH3 is 2. The molecule has 0 radical (unpaired) electrons. The first-order valence-electron chi connectivity index (χ1n) is 4.02. The van der Waals surface area contributed by atoms with Crippen LogP contribution >= 0.6 is 11.8 Å². The van der Waals surface area contributed by atoms with Crippen LogP contribution in [0.4, 0.5) is 0 Å². The Morgan fingerprint density at radius 2 is 2.09 bits per heavy atom. The van der Waals surface area contributed by atoms with E-state index in [0.717, 1.165) is 0 Å². The van der Waals surface area contributed by atoms with Crippen molar-refractivity contribution in [1.29, 1.82) is 0 Å². The SMILES string of the molecule is COC(OC)C1CCCSC1. The Balaban J connectivity index is 2.30. The molecule has 1 unspecified atom stereocenters. The summed E-state index contributed by atoms with van der Waals surface area (Å²) in [6.07, 6.45) is 2.57. The minimum atomic E-state index is 0.0165. The molecule has 11 heavy (non-hydrogen) atoms. The molecule has 1 saturated heterocycles. The van der Waals surface area contributed by atoms with Crippen molar-refractivity contribution in [3.8, 4) is 0 Å². The van der Waals surface area contributed by atoms with Gasteiger partial charge in [0, 0.05) is 25.9 Å². The molecule has 66 valence electrons. The van der Waals surface area contributed by atoms with E-state index >= 15 is 0 Å². The van der Waals surface area contributed by atoms with Gasteiger partial charge in [0.05, 0.1) is 0 Å². The number of thioether (sulfide) groups is 1. The van der Waals surface area contributed by atoms with Gasteiger partial charge in [0.2, 0.25) is 0 Å². The normalized spacial score (nSPS) is 25.9. The van der Waals surface area contributed by atoms with Crippen molar-refractivity contribution < 1.29 is 9.47 Å². The van der Waals surface area contributed by atoms with Gasteiger partial charge >= 0.3 is 0 Å². The lowest BCUT2D eigenvalue weighted by Gasteiger charge is -2.27. The third-order valence-electron chi connectivity index (χ3n) is 2.05. The Morgan fingerprint density at radius 1 is 1.36 bits per heavy atom. The number of hydrogen-bond donors (Lipinski definition) is 0. The molecule has 0 saturated carbocycles. The van der Waals surface area contributed by atoms with E-state index in [1.54, 1.807) is 14.2 Å². The molecule has 0 aromatic carbocycles. The van der Waals surface area contributed by atoms with Crippen LogP contribution in [0, 0.1) is 5.92 Å². The Labute approximate surface area is 72.6 Å². The molecule has 0 N–H and O–H groups in total. The van der Waals surface area contributed by atoms with Crippen LogP contribution in [0.25, 0.3) is 0 Å². The molecule has 1 aliphatic heterocycles. The Morgan fingerprint density at radius 3 is 2.55 bits per heavy atom. The molecule has 0 aromatic rings. The van der Waals surface area contributed by atoms with E-state index in [2.05, 4.69) is 0 Å². The lowest BCUT2D eigenvalue weighted by atomic mass is 10.1. The largest absolute Gasteiger partial charge is 0.356 e. The topological polar surface area (TPSA) is 18.5 Å². The van der Waals surface area contributed by atoms with E-state index in [0.29, 0.717) is 5.92 Å². The van der Waals surface area contributed by atoms with Crippen LogP contribution < -0.4 is 0 Å². The third-order valence-corrected chi connectivity index (χ3v) is 3.29. The van der Waals surface area contributed by atoms with Crippen LogP contribution in [0.3, 0.4) is 0 Å². The Hall–Kier alpha value is 0.270. The standard InChI is InChI=1S/C8H16O2S/c1-9-8(10-2)7-4-3-5-11-6-7/h7-8H,3-6H2,1-2H3. The van der Waals surface area contributed by atoms with Gasteiger partial charge in [0.1, 0.15) is 0 Å². The maximum Gasteiger partial charge on any atom is 0.160 e. The molecule has 1 fully saturated rings. The number of rotatable bonds is 3. The van der Waals surface area contributed by atoms with Crippen LogP contribution in [0.5, 0.6) is 0 Å². The van der Waals surface area contributed by atoms with Crippen molar-refractivity contribution >= 4 is 11.8 Å². The van der Waals surface area contributed by atoms with Crippen molar-refractivity contribution in [1.82, 2.24) is 0 Å². The van der Waals surface area contributed by atoms with Crippen LogP contribution in [-0.2, 0) is 9.47 Å². The monoisotopic (exact) mass is 176 g/mol. The molecule has 1 atom stereocenters. The minimum absolute atomic E-state index is 0.0165. The fraction of sp³-hybridized carbons (Fsp3) is 1.00. The summed E-state index contributed by atoms with van der Waals surface area (Å²) < 4.78 is 10.4. The van der Waals surface area contributed by atoms with Crippen molar-refractivity contribution in [2.24, 2.45) is 5.92 Å². The highest BCUT2D eigenvalue weighted by Crippen LogP contribution is 2.26. The molecule has 1 aliphatic rings. The third kappa shape index (κ3) is 2.65. The van der Waals surface area contributed by atoms with Gasteiger partial charge in [-0.05, 0) is 18.6 Å². The second kappa shape index (κ2) is 5.01. The fourth-order valence-corrected chi connectivity index (χ4v) is 2.63. The first-order valence-corrected chi connectivity index (χ1v) is 5.17. The summed E-state index contributed by atoms with van der Waals surface area (Å²) in [6, 6.07) is 0.